The predicted molar refractivity (Wildman–Crippen MR) is 58.0 cm³/mol. The third-order valence-corrected chi connectivity index (χ3v) is 2.77. The SMILES string of the molecule is CC(C)(C)C(NC(=O)CS)C1CC1. The number of thiol groups is 1. The van der Waals surface area contributed by atoms with Crippen LogP contribution in [0.25, 0.3) is 0 Å². The van der Waals surface area contributed by atoms with Crippen LogP contribution in [0.3, 0.4) is 0 Å². The number of amides is 1. The summed E-state index contributed by atoms with van der Waals surface area (Å²) in [6.07, 6.45) is 2.52. The molecule has 0 spiro atoms. The molecule has 0 aromatic carbocycles. The summed E-state index contributed by atoms with van der Waals surface area (Å²) in [4.78, 5) is 11.2. The fraction of sp³-hybridized carbons (Fsp3) is 0.900. The van der Waals surface area contributed by atoms with Crippen molar-refractivity contribution in [3.05, 3.63) is 0 Å². The first-order valence-electron chi connectivity index (χ1n) is 4.85. The highest BCUT2D eigenvalue weighted by Gasteiger charge is 2.39. The van der Waals surface area contributed by atoms with E-state index in [0.29, 0.717) is 17.7 Å². The van der Waals surface area contributed by atoms with Gasteiger partial charge in [-0.15, -0.1) is 0 Å². The van der Waals surface area contributed by atoms with Gasteiger partial charge < -0.3 is 5.32 Å². The molecule has 1 saturated carbocycles. The van der Waals surface area contributed by atoms with E-state index in [4.69, 9.17) is 0 Å². The van der Waals surface area contributed by atoms with E-state index in [1.807, 2.05) is 0 Å². The molecule has 1 fully saturated rings. The summed E-state index contributed by atoms with van der Waals surface area (Å²) in [5.41, 5.74) is 0.166. The predicted octanol–water partition coefficient (Wildman–Crippen LogP) is 1.86. The van der Waals surface area contributed by atoms with E-state index in [-0.39, 0.29) is 11.3 Å². The number of carbonyl (C=O) groups excluding carboxylic acids is 1. The van der Waals surface area contributed by atoms with Crippen molar-refractivity contribution in [3.8, 4) is 0 Å². The van der Waals surface area contributed by atoms with Crippen LogP contribution in [0.1, 0.15) is 33.6 Å². The zero-order valence-corrected chi connectivity index (χ0v) is 9.53. The first kappa shape index (κ1) is 10.9. The number of hydrogen-bond acceptors (Lipinski definition) is 2. The summed E-state index contributed by atoms with van der Waals surface area (Å²) in [5.74, 6) is 1.04. The highest BCUT2D eigenvalue weighted by molar-refractivity contribution is 7.81. The van der Waals surface area contributed by atoms with E-state index in [9.17, 15) is 4.79 Å². The lowest BCUT2D eigenvalue weighted by Gasteiger charge is -2.31. The van der Waals surface area contributed by atoms with Gasteiger partial charge in [-0.2, -0.15) is 12.6 Å². The van der Waals surface area contributed by atoms with Gasteiger partial charge in [-0.1, -0.05) is 20.8 Å². The molecule has 0 bridgehead atoms. The fourth-order valence-corrected chi connectivity index (χ4v) is 1.78. The zero-order valence-electron chi connectivity index (χ0n) is 8.63. The third kappa shape index (κ3) is 3.22. The number of rotatable bonds is 3. The summed E-state index contributed by atoms with van der Waals surface area (Å²) >= 11 is 3.96. The second kappa shape index (κ2) is 3.91. The average molecular weight is 201 g/mol. The van der Waals surface area contributed by atoms with E-state index in [1.54, 1.807) is 0 Å². The average Bonchev–Trinajstić information content (AvgIpc) is 2.80. The molecule has 0 aromatic heterocycles. The first-order chi connectivity index (χ1) is 5.95. The normalized spacial score (nSPS) is 19.7. The Morgan fingerprint density at radius 1 is 1.54 bits per heavy atom. The van der Waals surface area contributed by atoms with Crippen LogP contribution in [-0.4, -0.2) is 17.7 Å². The Morgan fingerprint density at radius 2 is 2.08 bits per heavy atom. The van der Waals surface area contributed by atoms with Crippen molar-refractivity contribution in [3.63, 3.8) is 0 Å². The van der Waals surface area contributed by atoms with E-state index >= 15 is 0 Å². The largest absolute Gasteiger partial charge is 0.352 e. The van der Waals surface area contributed by atoms with Crippen molar-refractivity contribution >= 4 is 18.5 Å². The van der Waals surface area contributed by atoms with Gasteiger partial charge >= 0.3 is 0 Å². The van der Waals surface area contributed by atoms with Crippen molar-refractivity contribution in [2.75, 3.05) is 5.75 Å². The van der Waals surface area contributed by atoms with Crippen LogP contribution < -0.4 is 5.32 Å². The van der Waals surface area contributed by atoms with Crippen LogP contribution in [0, 0.1) is 11.3 Å². The summed E-state index contributed by atoms with van der Waals surface area (Å²) < 4.78 is 0. The number of hydrogen-bond donors (Lipinski definition) is 2. The maximum Gasteiger partial charge on any atom is 0.229 e. The topological polar surface area (TPSA) is 29.1 Å². The minimum Gasteiger partial charge on any atom is -0.352 e. The summed E-state index contributed by atoms with van der Waals surface area (Å²) in [6.45, 7) is 6.53. The Balaban J connectivity index is 2.53. The van der Waals surface area contributed by atoms with Crippen LogP contribution in [0.2, 0.25) is 0 Å². The molecule has 0 aromatic rings. The second-order valence-electron chi connectivity index (χ2n) is 4.91. The molecule has 1 aliphatic carbocycles. The van der Waals surface area contributed by atoms with Gasteiger partial charge in [-0.05, 0) is 24.2 Å². The molecule has 1 unspecified atom stereocenters. The van der Waals surface area contributed by atoms with E-state index < -0.39 is 0 Å². The van der Waals surface area contributed by atoms with Crippen molar-refractivity contribution in [2.45, 2.75) is 39.7 Å². The number of carbonyl (C=O) groups is 1. The molecule has 13 heavy (non-hydrogen) atoms. The van der Waals surface area contributed by atoms with Gasteiger partial charge in [-0.25, -0.2) is 0 Å². The van der Waals surface area contributed by atoms with E-state index in [1.165, 1.54) is 12.8 Å². The molecular weight excluding hydrogens is 182 g/mol. The molecule has 1 atom stereocenters. The van der Waals surface area contributed by atoms with Gasteiger partial charge in [-0.3, -0.25) is 4.79 Å². The molecule has 1 amide bonds. The Kier molecular flexibility index (Phi) is 3.28. The van der Waals surface area contributed by atoms with Gasteiger partial charge in [0.2, 0.25) is 5.91 Å². The minimum atomic E-state index is 0.0511. The van der Waals surface area contributed by atoms with Crippen LogP contribution in [0.5, 0.6) is 0 Å². The van der Waals surface area contributed by atoms with Crippen LogP contribution in [-0.2, 0) is 4.79 Å². The van der Waals surface area contributed by atoms with Crippen molar-refractivity contribution in [1.82, 2.24) is 5.32 Å². The van der Waals surface area contributed by atoms with Gasteiger partial charge in [0.05, 0.1) is 5.75 Å². The Hall–Kier alpha value is -0.180. The highest BCUT2D eigenvalue weighted by atomic mass is 32.1. The summed E-state index contributed by atoms with van der Waals surface area (Å²) in [5, 5.41) is 3.05. The molecule has 1 rings (SSSR count). The third-order valence-electron chi connectivity index (χ3n) is 2.49. The van der Waals surface area contributed by atoms with E-state index in [0.717, 1.165) is 0 Å². The number of nitrogens with one attached hydrogen (secondary N) is 1. The lowest BCUT2D eigenvalue weighted by Crippen LogP contribution is -2.45. The zero-order chi connectivity index (χ0) is 10.1. The smallest absolute Gasteiger partial charge is 0.229 e. The molecule has 1 aliphatic rings. The molecule has 0 aliphatic heterocycles. The van der Waals surface area contributed by atoms with Gasteiger partial charge in [0, 0.05) is 6.04 Å². The first-order valence-corrected chi connectivity index (χ1v) is 5.48. The standard InChI is InChI=1S/C10H19NOS/c1-10(2,3)9(7-4-5-7)11-8(12)6-13/h7,9,13H,4-6H2,1-3H3,(H,11,12). The molecule has 3 heteroatoms. The molecule has 0 radical (unpaired) electrons. The molecule has 0 saturated heterocycles. The fourth-order valence-electron chi connectivity index (χ4n) is 1.69. The quantitative estimate of drug-likeness (QED) is 0.671. The molecular formula is C10H19NOS. The molecule has 76 valence electrons. The van der Waals surface area contributed by atoms with Gasteiger partial charge in [0.15, 0.2) is 0 Å². The lowest BCUT2D eigenvalue weighted by molar-refractivity contribution is -0.120. The highest BCUT2D eigenvalue weighted by Crippen LogP contribution is 2.40. The maximum absolute atomic E-state index is 11.2. The van der Waals surface area contributed by atoms with Crippen molar-refractivity contribution in [2.24, 2.45) is 11.3 Å². The van der Waals surface area contributed by atoms with Crippen LogP contribution >= 0.6 is 12.6 Å². The van der Waals surface area contributed by atoms with Crippen LogP contribution in [0.4, 0.5) is 0 Å². The molecule has 1 N–H and O–H groups in total. The van der Waals surface area contributed by atoms with Crippen molar-refractivity contribution < 1.29 is 4.79 Å². The summed E-state index contributed by atoms with van der Waals surface area (Å²) in [6, 6.07) is 0.326. The van der Waals surface area contributed by atoms with Crippen LogP contribution in [0.15, 0.2) is 0 Å². The minimum absolute atomic E-state index is 0.0511. The van der Waals surface area contributed by atoms with Gasteiger partial charge in [0.25, 0.3) is 0 Å². The van der Waals surface area contributed by atoms with Gasteiger partial charge in [0.1, 0.15) is 0 Å². The Labute approximate surface area is 85.9 Å². The van der Waals surface area contributed by atoms with E-state index in [2.05, 4.69) is 38.7 Å². The second-order valence-corrected chi connectivity index (χ2v) is 5.22. The Morgan fingerprint density at radius 3 is 2.38 bits per heavy atom. The van der Waals surface area contributed by atoms with Crippen molar-refractivity contribution in [1.29, 1.82) is 0 Å². The molecule has 2 nitrogen and oxygen atoms in total. The summed E-state index contributed by atoms with van der Waals surface area (Å²) in [7, 11) is 0. The lowest BCUT2D eigenvalue weighted by atomic mass is 9.84. The molecule has 0 heterocycles. The monoisotopic (exact) mass is 201 g/mol. The maximum atomic E-state index is 11.2. The Bertz CT molecular complexity index is 194.